The number of benzene rings is 2. The lowest BCUT2D eigenvalue weighted by molar-refractivity contribution is -0.692. The van der Waals surface area contributed by atoms with E-state index >= 15 is 0 Å². The number of rotatable bonds is 8. The number of nitrogens with one attached hydrogen (secondary N) is 1. The second kappa shape index (κ2) is 9.09. The van der Waals surface area contributed by atoms with Crippen LogP contribution >= 0.6 is 0 Å². The minimum Gasteiger partial charge on any atom is -0.494 e. The first-order chi connectivity index (χ1) is 12.8. The standard InChI is InChI=1S/C19H22FN3O4/c1-12(2)19(13-4-6-14(20)7-5-13)21-11-18(24)22-16-9-8-15(23(25)26)10-17(16)27-3/h4-10,12,19,21H,11H2,1-3H3,(H,22,24)/p+1/t19-/m0/s1. The maximum Gasteiger partial charge on any atom is 0.279 e. The lowest BCUT2D eigenvalue weighted by atomic mass is 9.96. The molecule has 27 heavy (non-hydrogen) atoms. The number of ether oxygens (including phenoxy) is 1. The van der Waals surface area contributed by atoms with Gasteiger partial charge in [-0.25, -0.2) is 4.39 Å². The fourth-order valence-electron chi connectivity index (χ4n) is 2.81. The third-order valence-electron chi connectivity index (χ3n) is 4.20. The van der Waals surface area contributed by atoms with Crippen molar-refractivity contribution in [3.05, 3.63) is 64.0 Å². The third-order valence-corrected chi connectivity index (χ3v) is 4.20. The van der Waals surface area contributed by atoms with Crippen LogP contribution in [-0.2, 0) is 4.79 Å². The number of amides is 1. The second-order valence-corrected chi connectivity index (χ2v) is 6.45. The predicted octanol–water partition coefficient (Wildman–Crippen LogP) is 2.64. The fraction of sp³-hybridized carbons (Fsp3) is 0.316. The van der Waals surface area contributed by atoms with Gasteiger partial charge < -0.3 is 15.4 Å². The molecule has 0 spiro atoms. The summed E-state index contributed by atoms with van der Waals surface area (Å²) < 4.78 is 18.2. The predicted molar refractivity (Wildman–Crippen MR) is 99.0 cm³/mol. The number of nitro benzene ring substituents is 1. The highest BCUT2D eigenvalue weighted by atomic mass is 19.1. The van der Waals surface area contributed by atoms with E-state index in [9.17, 15) is 19.3 Å². The smallest absolute Gasteiger partial charge is 0.279 e. The maximum absolute atomic E-state index is 13.1. The molecule has 0 aliphatic rings. The number of methoxy groups -OCH3 is 1. The quantitative estimate of drug-likeness (QED) is 0.547. The average Bonchev–Trinajstić information content (AvgIpc) is 2.63. The molecule has 0 radical (unpaired) electrons. The molecule has 7 nitrogen and oxygen atoms in total. The van der Waals surface area contributed by atoms with E-state index in [0.29, 0.717) is 5.69 Å². The molecule has 1 amide bonds. The first-order valence-electron chi connectivity index (χ1n) is 8.53. The fourth-order valence-corrected chi connectivity index (χ4v) is 2.81. The zero-order valence-electron chi connectivity index (χ0n) is 15.4. The van der Waals surface area contributed by atoms with E-state index < -0.39 is 4.92 Å². The van der Waals surface area contributed by atoms with E-state index in [4.69, 9.17) is 4.74 Å². The summed E-state index contributed by atoms with van der Waals surface area (Å²) in [4.78, 5) is 22.6. The van der Waals surface area contributed by atoms with Crippen LogP contribution in [0.3, 0.4) is 0 Å². The van der Waals surface area contributed by atoms with Crippen molar-refractivity contribution in [3.63, 3.8) is 0 Å². The van der Waals surface area contributed by atoms with Gasteiger partial charge in [-0.05, 0) is 18.2 Å². The molecular weight excluding hydrogens is 353 g/mol. The summed E-state index contributed by atoms with van der Waals surface area (Å²) in [6.07, 6.45) is 0. The van der Waals surface area contributed by atoms with Crippen LogP contribution in [0.4, 0.5) is 15.8 Å². The highest BCUT2D eigenvalue weighted by molar-refractivity contribution is 5.93. The van der Waals surface area contributed by atoms with Crippen molar-refractivity contribution in [1.29, 1.82) is 0 Å². The Morgan fingerprint density at radius 2 is 1.93 bits per heavy atom. The minimum atomic E-state index is -0.530. The molecule has 2 rings (SSSR count). The number of non-ortho nitro benzene ring substituents is 1. The van der Waals surface area contributed by atoms with Gasteiger partial charge in [0.15, 0.2) is 6.54 Å². The van der Waals surface area contributed by atoms with E-state index in [0.717, 1.165) is 5.56 Å². The Labute approximate surface area is 156 Å². The maximum atomic E-state index is 13.1. The molecule has 0 saturated carbocycles. The van der Waals surface area contributed by atoms with Gasteiger partial charge in [-0.3, -0.25) is 14.9 Å². The number of anilines is 1. The van der Waals surface area contributed by atoms with Crippen LogP contribution in [0, 0.1) is 21.8 Å². The molecule has 0 fully saturated rings. The molecular formula is C19H23FN3O4+. The molecule has 1 atom stereocenters. The van der Waals surface area contributed by atoms with Gasteiger partial charge in [0.1, 0.15) is 17.6 Å². The first kappa shape index (κ1) is 20.3. The molecule has 2 aromatic rings. The first-order valence-corrected chi connectivity index (χ1v) is 8.53. The largest absolute Gasteiger partial charge is 0.494 e. The second-order valence-electron chi connectivity index (χ2n) is 6.45. The lowest BCUT2D eigenvalue weighted by Crippen LogP contribution is -2.88. The normalized spacial score (nSPS) is 11.9. The topological polar surface area (TPSA) is 98.1 Å². The summed E-state index contributed by atoms with van der Waals surface area (Å²) in [5, 5.41) is 15.4. The van der Waals surface area contributed by atoms with Gasteiger partial charge in [0.2, 0.25) is 0 Å². The van der Waals surface area contributed by atoms with Crippen molar-refractivity contribution in [2.45, 2.75) is 19.9 Å². The van der Waals surface area contributed by atoms with Crippen molar-refractivity contribution in [2.24, 2.45) is 5.92 Å². The summed E-state index contributed by atoms with van der Waals surface area (Å²) in [6.45, 7) is 4.20. The number of hydrogen-bond donors (Lipinski definition) is 2. The number of quaternary nitrogens is 1. The van der Waals surface area contributed by atoms with Gasteiger partial charge in [-0.1, -0.05) is 26.0 Å². The van der Waals surface area contributed by atoms with Gasteiger partial charge in [0, 0.05) is 17.5 Å². The van der Waals surface area contributed by atoms with Crippen LogP contribution in [0.5, 0.6) is 5.75 Å². The Morgan fingerprint density at radius 3 is 2.48 bits per heavy atom. The van der Waals surface area contributed by atoms with Crippen LogP contribution in [0.25, 0.3) is 0 Å². The number of carbonyl (C=O) groups excluding carboxylic acids is 1. The summed E-state index contributed by atoms with van der Waals surface area (Å²) in [5.41, 5.74) is 1.18. The van der Waals surface area contributed by atoms with E-state index in [2.05, 4.69) is 5.32 Å². The molecule has 0 saturated heterocycles. The summed E-state index contributed by atoms with van der Waals surface area (Å²) in [6, 6.07) is 10.2. The Balaban J connectivity index is 2.04. The number of carbonyl (C=O) groups is 1. The van der Waals surface area contributed by atoms with Crippen molar-refractivity contribution in [1.82, 2.24) is 0 Å². The van der Waals surface area contributed by atoms with E-state index in [1.54, 1.807) is 12.1 Å². The molecule has 0 unspecified atom stereocenters. The zero-order chi connectivity index (χ0) is 20.0. The zero-order valence-corrected chi connectivity index (χ0v) is 15.4. The summed E-state index contributed by atoms with van der Waals surface area (Å²) >= 11 is 0. The summed E-state index contributed by atoms with van der Waals surface area (Å²) in [5.74, 6) is -0.118. The third kappa shape index (κ3) is 5.49. The number of hydrogen-bond acceptors (Lipinski definition) is 4. The van der Waals surface area contributed by atoms with E-state index in [1.807, 2.05) is 19.2 Å². The molecule has 3 N–H and O–H groups in total. The Hall–Kier alpha value is -3.00. The highest BCUT2D eigenvalue weighted by Gasteiger charge is 2.21. The molecule has 0 aliphatic heterocycles. The van der Waals surface area contributed by atoms with Crippen molar-refractivity contribution in [3.8, 4) is 5.75 Å². The van der Waals surface area contributed by atoms with Gasteiger partial charge in [-0.15, -0.1) is 0 Å². The monoisotopic (exact) mass is 376 g/mol. The van der Waals surface area contributed by atoms with Crippen molar-refractivity contribution < 1.29 is 24.2 Å². The van der Waals surface area contributed by atoms with Gasteiger partial charge in [0.05, 0.1) is 23.8 Å². The number of nitrogens with two attached hydrogens (primary N) is 1. The van der Waals surface area contributed by atoms with Crippen LogP contribution in [-0.4, -0.2) is 24.5 Å². The number of nitrogens with zero attached hydrogens (tertiary/aromatic N) is 1. The molecule has 0 heterocycles. The molecule has 8 heteroatoms. The Kier molecular flexibility index (Phi) is 6.84. The van der Waals surface area contributed by atoms with Gasteiger partial charge in [0.25, 0.3) is 11.6 Å². The van der Waals surface area contributed by atoms with Gasteiger partial charge in [-0.2, -0.15) is 0 Å². The van der Waals surface area contributed by atoms with Crippen LogP contribution in [0.15, 0.2) is 42.5 Å². The van der Waals surface area contributed by atoms with E-state index in [1.165, 1.54) is 37.4 Å². The molecule has 0 bridgehead atoms. The SMILES string of the molecule is COc1cc([N+](=O)[O-])ccc1NC(=O)C[NH2+][C@H](c1ccc(F)cc1)C(C)C. The molecule has 2 aromatic carbocycles. The minimum absolute atomic E-state index is 0.00453. The molecule has 0 aliphatic carbocycles. The molecule has 0 aromatic heterocycles. The van der Waals surface area contributed by atoms with Crippen LogP contribution in [0.2, 0.25) is 0 Å². The number of halogens is 1. The Bertz CT molecular complexity index is 809. The van der Waals surface area contributed by atoms with Crippen molar-refractivity contribution >= 4 is 17.3 Å². The number of nitro groups is 1. The molecule has 144 valence electrons. The lowest BCUT2D eigenvalue weighted by Gasteiger charge is -2.19. The summed E-state index contributed by atoms with van der Waals surface area (Å²) in [7, 11) is 1.38. The highest BCUT2D eigenvalue weighted by Crippen LogP contribution is 2.28. The van der Waals surface area contributed by atoms with Crippen LogP contribution in [0.1, 0.15) is 25.5 Å². The van der Waals surface area contributed by atoms with E-state index in [-0.39, 0.29) is 41.7 Å². The van der Waals surface area contributed by atoms with Crippen molar-refractivity contribution in [2.75, 3.05) is 19.0 Å². The van der Waals surface area contributed by atoms with Gasteiger partial charge >= 0.3 is 0 Å². The average molecular weight is 376 g/mol. The Morgan fingerprint density at radius 1 is 1.26 bits per heavy atom. The van der Waals surface area contributed by atoms with Crippen LogP contribution < -0.4 is 15.4 Å².